The van der Waals surface area contributed by atoms with Crippen LogP contribution in [-0.2, 0) is 0 Å². The van der Waals surface area contributed by atoms with Gasteiger partial charge in [-0.2, -0.15) is 11.8 Å². The normalized spacial score (nSPS) is 41.8. The molecule has 0 bridgehead atoms. The number of hydrogen-bond acceptors (Lipinski definition) is 2. The summed E-state index contributed by atoms with van der Waals surface area (Å²) in [5.74, 6) is 2.20. The monoisotopic (exact) mass is 267 g/mol. The molecule has 0 aromatic heterocycles. The van der Waals surface area contributed by atoms with Crippen LogP contribution < -0.4 is 5.32 Å². The van der Waals surface area contributed by atoms with Crippen LogP contribution in [0.4, 0.5) is 0 Å². The lowest BCUT2D eigenvalue weighted by molar-refractivity contribution is 0.232. The second-order valence-corrected chi connectivity index (χ2v) is 7.87. The Bertz CT molecular complexity index is 264. The standard InChI is InChI=1S/C16H29NS/c1-18-16-8-3-2-7-15(16)17-14-6-4-5-13(11-14)12-9-10-12/h12-17H,2-11H2,1H3. The average Bonchev–Trinajstić information content (AvgIpc) is 3.24. The lowest BCUT2D eigenvalue weighted by Gasteiger charge is -2.37. The molecule has 4 atom stereocenters. The van der Waals surface area contributed by atoms with Gasteiger partial charge in [-0.3, -0.25) is 0 Å². The minimum atomic E-state index is 0.816. The van der Waals surface area contributed by atoms with Crippen molar-refractivity contribution in [1.29, 1.82) is 0 Å². The van der Waals surface area contributed by atoms with Gasteiger partial charge in [-0.25, -0.2) is 0 Å². The highest BCUT2D eigenvalue weighted by Gasteiger charge is 2.36. The fraction of sp³-hybridized carbons (Fsp3) is 1.00. The number of nitrogens with one attached hydrogen (secondary N) is 1. The quantitative estimate of drug-likeness (QED) is 0.818. The molecule has 3 rings (SSSR count). The molecule has 0 aromatic carbocycles. The van der Waals surface area contributed by atoms with Crippen LogP contribution in [0.15, 0.2) is 0 Å². The maximum atomic E-state index is 4.05. The molecule has 1 nitrogen and oxygen atoms in total. The van der Waals surface area contributed by atoms with Gasteiger partial charge in [0.15, 0.2) is 0 Å². The highest BCUT2D eigenvalue weighted by atomic mass is 32.2. The molecular formula is C16H29NS. The molecule has 3 fully saturated rings. The first-order chi connectivity index (χ1) is 8.86. The average molecular weight is 267 g/mol. The minimum absolute atomic E-state index is 0.816. The van der Waals surface area contributed by atoms with Gasteiger partial charge in [0.05, 0.1) is 0 Å². The molecule has 2 heteroatoms. The summed E-state index contributed by atoms with van der Waals surface area (Å²) >= 11 is 2.10. The van der Waals surface area contributed by atoms with Crippen molar-refractivity contribution in [2.24, 2.45) is 11.8 Å². The van der Waals surface area contributed by atoms with Crippen LogP contribution in [0, 0.1) is 11.8 Å². The fourth-order valence-electron chi connectivity index (χ4n) is 4.25. The van der Waals surface area contributed by atoms with E-state index in [4.69, 9.17) is 0 Å². The molecule has 3 saturated carbocycles. The first kappa shape index (κ1) is 13.3. The van der Waals surface area contributed by atoms with E-state index in [1.165, 1.54) is 64.2 Å². The van der Waals surface area contributed by atoms with E-state index in [0.29, 0.717) is 0 Å². The Labute approximate surface area is 117 Å². The van der Waals surface area contributed by atoms with Crippen LogP contribution >= 0.6 is 11.8 Å². The van der Waals surface area contributed by atoms with Crippen LogP contribution in [0.3, 0.4) is 0 Å². The van der Waals surface area contributed by atoms with Crippen molar-refractivity contribution in [2.45, 2.75) is 81.5 Å². The molecule has 3 aliphatic rings. The van der Waals surface area contributed by atoms with Crippen LogP contribution in [0.1, 0.15) is 64.2 Å². The Morgan fingerprint density at radius 3 is 2.44 bits per heavy atom. The van der Waals surface area contributed by atoms with E-state index in [-0.39, 0.29) is 0 Å². The zero-order valence-corrected chi connectivity index (χ0v) is 12.7. The third kappa shape index (κ3) is 3.25. The largest absolute Gasteiger partial charge is 0.310 e. The minimum Gasteiger partial charge on any atom is -0.310 e. The van der Waals surface area contributed by atoms with Crippen molar-refractivity contribution in [1.82, 2.24) is 5.32 Å². The second kappa shape index (κ2) is 6.17. The van der Waals surface area contributed by atoms with Gasteiger partial charge < -0.3 is 5.32 Å². The van der Waals surface area contributed by atoms with Crippen LogP contribution in [-0.4, -0.2) is 23.6 Å². The fourth-order valence-corrected chi connectivity index (χ4v) is 5.19. The number of thioether (sulfide) groups is 1. The molecule has 1 N–H and O–H groups in total. The number of hydrogen-bond donors (Lipinski definition) is 1. The summed E-state index contributed by atoms with van der Waals surface area (Å²) < 4.78 is 0. The SMILES string of the molecule is CSC1CCCCC1NC1CCCC(C2CC2)C1. The first-order valence-corrected chi connectivity index (χ1v) is 9.44. The topological polar surface area (TPSA) is 12.0 Å². The molecule has 0 heterocycles. The van der Waals surface area contributed by atoms with Crippen molar-refractivity contribution in [3.63, 3.8) is 0 Å². The van der Waals surface area contributed by atoms with E-state index in [9.17, 15) is 0 Å². The van der Waals surface area contributed by atoms with Crippen LogP contribution in [0.2, 0.25) is 0 Å². The summed E-state index contributed by atoms with van der Waals surface area (Å²) in [7, 11) is 0. The van der Waals surface area contributed by atoms with Gasteiger partial charge in [-0.05, 0) is 56.6 Å². The third-order valence-corrected chi connectivity index (χ3v) is 6.63. The van der Waals surface area contributed by atoms with Crippen molar-refractivity contribution >= 4 is 11.8 Å². The van der Waals surface area contributed by atoms with Crippen LogP contribution in [0.25, 0.3) is 0 Å². The molecular weight excluding hydrogens is 238 g/mol. The highest BCUT2D eigenvalue weighted by Crippen LogP contribution is 2.44. The molecule has 0 saturated heterocycles. The van der Waals surface area contributed by atoms with Crippen molar-refractivity contribution in [2.75, 3.05) is 6.26 Å². The van der Waals surface area contributed by atoms with Gasteiger partial charge in [-0.1, -0.05) is 25.7 Å². The van der Waals surface area contributed by atoms with Gasteiger partial charge in [0.25, 0.3) is 0 Å². The van der Waals surface area contributed by atoms with Crippen molar-refractivity contribution in [3.8, 4) is 0 Å². The van der Waals surface area contributed by atoms with Crippen molar-refractivity contribution < 1.29 is 0 Å². The molecule has 104 valence electrons. The first-order valence-electron chi connectivity index (χ1n) is 8.15. The second-order valence-electron chi connectivity index (χ2n) is 6.79. The molecule has 0 aromatic rings. The summed E-state index contributed by atoms with van der Waals surface area (Å²) in [5.41, 5.74) is 0. The van der Waals surface area contributed by atoms with Gasteiger partial charge >= 0.3 is 0 Å². The van der Waals surface area contributed by atoms with E-state index in [2.05, 4.69) is 23.3 Å². The summed E-state index contributed by atoms with van der Waals surface area (Å²) in [6, 6.07) is 1.67. The Balaban J connectivity index is 1.51. The Kier molecular flexibility index (Phi) is 4.56. The summed E-state index contributed by atoms with van der Waals surface area (Å²) in [5, 5.41) is 4.94. The van der Waals surface area contributed by atoms with Gasteiger partial charge in [0, 0.05) is 17.3 Å². The van der Waals surface area contributed by atoms with E-state index >= 15 is 0 Å². The van der Waals surface area contributed by atoms with E-state index < -0.39 is 0 Å². The third-order valence-electron chi connectivity index (χ3n) is 5.46. The zero-order chi connectivity index (χ0) is 12.4. The highest BCUT2D eigenvalue weighted by molar-refractivity contribution is 7.99. The Morgan fingerprint density at radius 1 is 0.833 bits per heavy atom. The van der Waals surface area contributed by atoms with E-state index in [1.807, 2.05) is 0 Å². The van der Waals surface area contributed by atoms with Gasteiger partial charge in [-0.15, -0.1) is 0 Å². The summed E-state index contributed by atoms with van der Waals surface area (Å²) in [6.07, 6.45) is 17.1. The summed E-state index contributed by atoms with van der Waals surface area (Å²) in [4.78, 5) is 0. The molecule has 0 radical (unpaired) electrons. The smallest absolute Gasteiger partial charge is 0.0198 e. The van der Waals surface area contributed by atoms with E-state index in [0.717, 1.165) is 29.2 Å². The lowest BCUT2D eigenvalue weighted by Crippen LogP contribution is -2.47. The van der Waals surface area contributed by atoms with Gasteiger partial charge in [0.1, 0.15) is 0 Å². The Hall–Kier alpha value is 0.310. The van der Waals surface area contributed by atoms with E-state index in [1.54, 1.807) is 0 Å². The van der Waals surface area contributed by atoms with Crippen LogP contribution in [0.5, 0.6) is 0 Å². The summed E-state index contributed by atoms with van der Waals surface area (Å²) in [6.45, 7) is 0. The zero-order valence-electron chi connectivity index (χ0n) is 11.9. The molecule has 18 heavy (non-hydrogen) atoms. The molecule has 3 aliphatic carbocycles. The van der Waals surface area contributed by atoms with Crippen molar-refractivity contribution in [3.05, 3.63) is 0 Å². The predicted octanol–water partition coefficient (Wildman–Crippen LogP) is 4.22. The maximum Gasteiger partial charge on any atom is 0.0198 e. The lowest BCUT2D eigenvalue weighted by atomic mass is 9.82. The maximum absolute atomic E-state index is 4.05. The number of rotatable bonds is 4. The molecule has 4 unspecified atom stereocenters. The molecule has 0 aliphatic heterocycles. The van der Waals surface area contributed by atoms with Gasteiger partial charge in [0.2, 0.25) is 0 Å². The predicted molar refractivity (Wildman–Crippen MR) is 81.2 cm³/mol. The Morgan fingerprint density at radius 2 is 1.67 bits per heavy atom. The molecule has 0 spiro atoms. The molecule has 0 amide bonds.